The van der Waals surface area contributed by atoms with Crippen LogP contribution in [-0.2, 0) is 24.3 Å². The lowest BCUT2D eigenvalue weighted by Crippen LogP contribution is -2.33. The highest BCUT2D eigenvalue weighted by atomic mass is 19.1. The number of hydrogen-bond acceptors (Lipinski definition) is 2. The smallest absolute Gasteiger partial charge is 0.136 e. The summed E-state index contributed by atoms with van der Waals surface area (Å²) >= 11 is 0. The van der Waals surface area contributed by atoms with Crippen molar-refractivity contribution in [1.29, 1.82) is 5.26 Å². The molecule has 0 radical (unpaired) electrons. The Hall–Kier alpha value is -2.25. The molecule has 2 saturated carbocycles. The summed E-state index contributed by atoms with van der Waals surface area (Å²) in [5.74, 6) is 0. The molecule has 2 aromatic rings. The Morgan fingerprint density at radius 2 is 1.37 bits per heavy atom. The standard InChI is InChI=1S/C29H39F2N.C2H3N/c1-3-32(22-24-12-5-4-6-13-24)23(2)16-17-25-26(28(30)18-7-8-19-28)14-11-15-27(25)29(31)20-9-10-21-29;1-2-3/h4-6,11-15,23H,3,7-10,16-22H2,1-2H3;1H3. The lowest BCUT2D eigenvalue weighted by molar-refractivity contribution is 0.161. The highest BCUT2D eigenvalue weighted by Gasteiger charge is 2.42. The van der Waals surface area contributed by atoms with Gasteiger partial charge in [0.05, 0.1) is 6.07 Å². The zero-order valence-electron chi connectivity index (χ0n) is 21.8. The molecule has 0 aromatic heterocycles. The summed E-state index contributed by atoms with van der Waals surface area (Å²) in [5, 5.41) is 7.32. The largest absolute Gasteiger partial charge is 0.297 e. The monoisotopic (exact) mass is 480 g/mol. The van der Waals surface area contributed by atoms with E-state index in [1.54, 1.807) is 6.07 Å². The van der Waals surface area contributed by atoms with Gasteiger partial charge in [-0.3, -0.25) is 4.90 Å². The van der Waals surface area contributed by atoms with E-state index in [1.807, 2.05) is 24.3 Å². The van der Waals surface area contributed by atoms with Crippen molar-refractivity contribution in [2.75, 3.05) is 6.54 Å². The number of nitrogens with zero attached hydrogens (tertiary/aromatic N) is 2. The minimum atomic E-state index is -1.28. The molecular formula is C31H42F2N2. The summed E-state index contributed by atoms with van der Waals surface area (Å²) in [6.07, 6.45) is 7.68. The van der Waals surface area contributed by atoms with Gasteiger partial charge in [0.2, 0.25) is 0 Å². The van der Waals surface area contributed by atoms with Crippen LogP contribution in [-0.4, -0.2) is 17.5 Å². The van der Waals surface area contributed by atoms with Crippen LogP contribution in [0.4, 0.5) is 8.78 Å². The molecule has 1 atom stereocenters. The third kappa shape index (κ3) is 6.70. The lowest BCUT2D eigenvalue weighted by Gasteiger charge is -2.32. The van der Waals surface area contributed by atoms with E-state index in [2.05, 4.69) is 43.0 Å². The van der Waals surface area contributed by atoms with E-state index in [1.165, 1.54) is 12.5 Å². The fourth-order valence-electron chi connectivity index (χ4n) is 6.04. The quantitative estimate of drug-likeness (QED) is 0.359. The van der Waals surface area contributed by atoms with Crippen molar-refractivity contribution in [3.8, 4) is 6.07 Å². The van der Waals surface area contributed by atoms with Gasteiger partial charge in [-0.1, -0.05) is 55.5 Å². The van der Waals surface area contributed by atoms with Crippen LogP contribution >= 0.6 is 0 Å². The minimum absolute atomic E-state index is 0.347. The molecule has 2 aliphatic rings. The maximum Gasteiger partial charge on any atom is 0.136 e. The summed E-state index contributed by atoms with van der Waals surface area (Å²) in [4.78, 5) is 2.47. The summed E-state index contributed by atoms with van der Waals surface area (Å²) in [6.45, 7) is 7.76. The van der Waals surface area contributed by atoms with Gasteiger partial charge in [-0.05, 0) is 99.9 Å². The highest BCUT2D eigenvalue weighted by Crippen LogP contribution is 2.49. The van der Waals surface area contributed by atoms with Gasteiger partial charge in [-0.15, -0.1) is 0 Å². The molecule has 1 unspecified atom stereocenters. The third-order valence-corrected chi connectivity index (χ3v) is 8.00. The number of alkyl halides is 2. The van der Waals surface area contributed by atoms with Crippen LogP contribution in [0.1, 0.15) is 101 Å². The fourth-order valence-corrected chi connectivity index (χ4v) is 6.04. The average Bonchev–Trinajstić information content (AvgIpc) is 3.51. The van der Waals surface area contributed by atoms with Crippen LogP contribution in [0.2, 0.25) is 0 Å². The van der Waals surface area contributed by atoms with Gasteiger partial charge in [-0.2, -0.15) is 5.26 Å². The van der Waals surface area contributed by atoms with E-state index in [0.717, 1.165) is 68.3 Å². The summed E-state index contributed by atoms with van der Waals surface area (Å²) in [6, 6.07) is 18.5. The van der Waals surface area contributed by atoms with Gasteiger partial charge in [-0.25, -0.2) is 8.78 Å². The van der Waals surface area contributed by atoms with Gasteiger partial charge in [0, 0.05) is 19.5 Å². The summed E-state index contributed by atoms with van der Waals surface area (Å²) < 4.78 is 32.0. The Bertz CT molecular complexity index is 913. The molecule has 190 valence electrons. The maximum atomic E-state index is 16.0. The van der Waals surface area contributed by atoms with Crippen molar-refractivity contribution in [3.63, 3.8) is 0 Å². The number of halogens is 2. The van der Waals surface area contributed by atoms with Crippen LogP contribution < -0.4 is 0 Å². The zero-order valence-corrected chi connectivity index (χ0v) is 21.8. The van der Waals surface area contributed by atoms with Crippen LogP contribution in [0, 0.1) is 11.3 Å². The predicted molar refractivity (Wildman–Crippen MR) is 141 cm³/mol. The second-order valence-corrected chi connectivity index (χ2v) is 10.3. The zero-order chi connectivity index (χ0) is 25.3. The van der Waals surface area contributed by atoms with Crippen molar-refractivity contribution in [2.45, 2.75) is 109 Å². The van der Waals surface area contributed by atoms with Crippen molar-refractivity contribution in [2.24, 2.45) is 0 Å². The topological polar surface area (TPSA) is 27.0 Å². The number of benzene rings is 2. The molecule has 35 heavy (non-hydrogen) atoms. The molecule has 2 aromatic carbocycles. The average molecular weight is 481 g/mol. The Morgan fingerprint density at radius 1 is 0.886 bits per heavy atom. The Kier molecular flexibility index (Phi) is 9.87. The molecule has 4 heteroatoms. The second-order valence-electron chi connectivity index (χ2n) is 10.3. The molecule has 0 N–H and O–H groups in total. The maximum absolute atomic E-state index is 16.0. The molecule has 0 heterocycles. The Morgan fingerprint density at radius 3 is 1.83 bits per heavy atom. The molecule has 0 bridgehead atoms. The molecule has 2 fully saturated rings. The second kappa shape index (κ2) is 12.6. The Balaban J connectivity index is 0.00000108. The third-order valence-electron chi connectivity index (χ3n) is 8.00. The van der Waals surface area contributed by atoms with E-state index in [4.69, 9.17) is 5.26 Å². The predicted octanol–water partition coefficient (Wildman–Crippen LogP) is 8.54. The number of rotatable bonds is 9. The first-order chi connectivity index (χ1) is 16.9. The van der Waals surface area contributed by atoms with Crippen molar-refractivity contribution in [3.05, 3.63) is 70.8 Å². The molecule has 2 nitrogen and oxygen atoms in total. The van der Waals surface area contributed by atoms with E-state index in [9.17, 15) is 0 Å². The molecule has 0 amide bonds. The molecule has 4 rings (SSSR count). The summed E-state index contributed by atoms with van der Waals surface area (Å²) in [5.41, 5.74) is 1.30. The number of hydrogen-bond donors (Lipinski definition) is 0. The Labute approximate surface area is 211 Å². The fraction of sp³-hybridized carbons (Fsp3) is 0.581. The first-order valence-electron chi connectivity index (χ1n) is 13.5. The van der Waals surface area contributed by atoms with Gasteiger partial charge in [0.25, 0.3) is 0 Å². The van der Waals surface area contributed by atoms with Gasteiger partial charge in [0.1, 0.15) is 11.3 Å². The van der Waals surface area contributed by atoms with E-state index < -0.39 is 11.3 Å². The van der Waals surface area contributed by atoms with Crippen molar-refractivity contribution >= 4 is 0 Å². The first-order valence-corrected chi connectivity index (χ1v) is 13.5. The molecular weight excluding hydrogens is 438 g/mol. The minimum Gasteiger partial charge on any atom is -0.297 e. The van der Waals surface area contributed by atoms with Gasteiger partial charge < -0.3 is 0 Å². The van der Waals surface area contributed by atoms with Crippen LogP contribution in [0.3, 0.4) is 0 Å². The van der Waals surface area contributed by atoms with Gasteiger partial charge in [0.15, 0.2) is 0 Å². The van der Waals surface area contributed by atoms with E-state index >= 15 is 8.78 Å². The van der Waals surface area contributed by atoms with Crippen LogP contribution in [0.25, 0.3) is 0 Å². The van der Waals surface area contributed by atoms with Crippen LogP contribution in [0.5, 0.6) is 0 Å². The number of nitriles is 1. The molecule has 0 saturated heterocycles. The molecule has 0 aliphatic heterocycles. The van der Waals surface area contributed by atoms with Crippen molar-refractivity contribution in [1.82, 2.24) is 4.90 Å². The van der Waals surface area contributed by atoms with Crippen LogP contribution in [0.15, 0.2) is 48.5 Å². The molecule has 0 spiro atoms. The van der Waals surface area contributed by atoms with Gasteiger partial charge >= 0.3 is 0 Å². The summed E-state index contributed by atoms with van der Waals surface area (Å²) in [7, 11) is 0. The van der Waals surface area contributed by atoms with E-state index in [0.29, 0.717) is 31.7 Å². The SMILES string of the molecule is CC#N.CCN(Cc1ccccc1)C(C)CCc1c(C2(F)CCCC2)cccc1C1(F)CCCC1. The first kappa shape index (κ1) is 27.3. The molecule has 2 aliphatic carbocycles. The highest BCUT2D eigenvalue weighted by molar-refractivity contribution is 5.43. The lowest BCUT2D eigenvalue weighted by atomic mass is 9.80. The van der Waals surface area contributed by atoms with E-state index in [-0.39, 0.29) is 0 Å². The normalized spacial score (nSPS) is 19.1. The van der Waals surface area contributed by atoms with Crippen molar-refractivity contribution < 1.29 is 8.78 Å².